The molecule has 0 aromatic carbocycles. The maximum atomic E-state index is 10.7. The van der Waals surface area contributed by atoms with Gasteiger partial charge in [-0.1, -0.05) is 103 Å². The van der Waals surface area contributed by atoms with Crippen molar-refractivity contribution in [3.05, 3.63) is 0 Å². The summed E-state index contributed by atoms with van der Waals surface area (Å²) < 4.78 is 22.2. The van der Waals surface area contributed by atoms with Crippen LogP contribution in [0.5, 0.6) is 0 Å². The molecule has 0 amide bonds. The first-order chi connectivity index (χ1) is 19.8. The van der Waals surface area contributed by atoms with Crippen LogP contribution >= 0.6 is 0 Å². The maximum absolute atomic E-state index is 10.7. The molecule has 10 atom stereocenters. The summed E-state index contributed by atoms with van der Waals surface area (Å²) in [5, 5.41) is 70.5. The van der Waals surface area contributed by atoms with Crippen molar-refractivity contribution in [1.29, 1.82) is 0 Å². The number of aliphatic hydroxyl groups is 7. The third kappa shape index (κ3) is 12.6. The molecule has 2 aliphatic rings. The molecular formula is C30H58O11. The summed E-state index contributed by atoms with van der Waals surface area (Å²) in [5.41, 5.74) is 0. The van der Waals surface area contributed by atoms with E-state index in [1.807, 2.05) is 0 Å². The van der Waals surface area contributed by atoms with Crippen LogP contribution in [0, 0.1) is 0 Å². The zero-order valence-electron chi connectivity index (χ0n) is 25.0. The highest BCUT2D eigenvalue weighted by Crippen LogP contribution is 2.29. The molecule has 11 heteroatoms. The Morgan fingerprint density at radius 1 is 0.488 bits per heavy atom. The lowest BCUT2D eigenvalue weighted by Gasteiger charge is -2.45. The predicted molar refractivity (Wildman–Crippen MR) is 152 cm³/mol. The summed E-state index contributed by atoms with van der Waals surface area (Å²) in [6.07, 6.45) is 5.82. The van der Waals surface area contributed by atoms with Crippen molar-refractivity contribution in [3.63, 3.8) is 0 Å². The van der Waals surface area contributed by atoms with E-state index in [-0.39, 0.29) is 0 Å². The van der Waals surface area contributed by atoms with Gasteiger partial charge < -0.3 is 54.7 Å². The molecule has 2 saturated heterocycles. The minimum Gasteiger partial charge on any atom is -0.394 e. The average Bonchev–Trinajstić information content (AvgIpc) is 2.98. The zero-order valence-corrected chi connectivity index (χ0v) is 25.0. The Morgan fingerprint density at radius 2 is 0.927 bits per heavy atom. The Balaban J connectivity index is 1.56. The van der Waals surface area contributed by atoms with Crippen LogP contribution in [0.4, 0.5) is 0 Å². The predicted octanol–water partition coefficient (Wildman–Crippen LogP) is 1.89. The van der Waals surface area contributed by atoms with Crippen molar-refractivity contribution >= 4 is 0 Å². The van der Waals surface area contributed by atoms with Crippen LogP contribution in [0.2, 0.25) is 0 Å². The fraction of sp³-hybridized carbons (Fsp3) is 1.00. The smallest absolute Gasteiger partial charge is 0.187 e. The molecule has 0 spiro atoms. The molecule has 2 rings (SSSR count). The molecule has 2 aliphatic heterocycles. The maximum Gasteiger partial charge on any atom is 0.187 e. The van der Waals surface area contributed by atoms with Crippen molar-refractivity contribution in [2.24, 2.45) is 0 Å². The van der Waals surface area contributed by atoms with E-state index in [0.29, 0.717) is 6.61 Å². The van der Waals surface area contributed by atoms with Crippen LogP contribution in [0.15, 0.2) is 0 Å². The van der Waals surface area contributed by atoms with Gasteiger partial charge in [-0.3, -0.25) is 0 Å². The van der Waals surface area contributed by atoms with Crippen LogP contribution in [-0.2, 0) is 18.9 Å². The topological polar surface area (TPSA) is 179 Å². The summed E-state index contributed by atoms with van der Waals surface area (Å²) in [4.78, 5) is 0. The van der Waals surface area contributed by atoms with Crippen LogP contribution in [0.25, 0.3) is 0 Å². The number of hydrogen-bond donors (Lipinski definition) is 7. The Morgan fingerprint density at radius 3 is 1.41 bits per heavy atom. The Labute approximate surface area is 245 Å². The fourth-order valence-electron chi connectivity index (χ4n) is 5.54. The van der Waals surface area contributed by atoms with Gasteiger partial charge in [0.25, 0.3) is 0 Å². The largest absolute Gasteiger partial charge is 0.394 e. The van der Waals surface area contributed by atoms with Gasteiger partial charge in [0, 0.05) is 6.61 Å². The van der Waals surface area contributed by atoms with Crippen molar-refractivity contribution in [1.82, 2.24) is 0 Å². The van der Waals surface area contributed by atoms with Gasteiger partial charge in [-0.15, -0.1) is 0 Å². The molecule has 41 heavy (non-hydrogen) atoms. The van der Waals surface area contributed by atoms with Gasteiger partial charge in [0.1, 0.15) is 48.8 Å². The minimum absolute atomic E-state index is 0.323. The van der Waals surface area contributed by atoms with E-state index in [4.69, 9.17) is 18.9 Å². The first-order valence-electron chi connectivity index (χ1n) is 16.1. The SMILES string of the molecule is CCCCCCCCCCCCCCCCCCO[C@H]1O[C@H](CO)[C@@H](O[C@@H]2O[C@H](CO)[C@@H](O)[C@H](O)[C@H]2O)[C@H](O)[C@H]1O. The molecule has 7 N–H and O–H groups in total. The van der Waals surface area contributed by atoms with Crippen molar-refractivity contribution in [2.45, 2.75) is 171 Å². The highest BCUT2D eigenvalue weighted by Gasteiger charge is 2.50. The summed E-state index contributed by atoms with van der Waals surface area (Å²) in [7, 11) is 0. The Hall–Kier alpha value is -0.440. The molecule has 0 bridgehead atoms. The Bertz CT molecular complexity index is 638. The number of unbranched alkanes of at least 4 members (excludes halogenated alkanes) is 15. The zero-order chi connectivity index (χ0) is 30.0. The van der Waals surface area contributed by atoms with Gasteiger partial charge in [-0.25, -0.2) is 0 Å². The number of hydrogen-bond acceptors (Lipinski definition) is 11. The van der Waals surface area contributed by atoms with Gasteiger partial charge >= 0.3 is 0 Å². The molecular weight excluding hydrogens is 536 g/mol. The van der Waals surface area contributed by atoms with E-state index in [0.717, 1.165) is 19.3 Å². The molecule has 2 heterocycles. The van der Waals surface area contributed by atoms with Crippen molar-refractivity contribution in [3.8, 4) is 0 Å². The third-order valence-corrected chi connectivity index (χ3v) is 8.24. The number of rotatable bonds is 22. The van der Waals surface area contributed by atoms with Gasteiger partial charge in [0.05, 0.1) is 13.2 Å². The van der Waals surface area contributed by atoms with E-state index in [2.05, 4.69) is 6.92 Å². The summed E-state index contributed by atoms with van der Waals surface area (Å²) in [5.74, 6) is 0. The highest BCUT2D eigenvalue weighted by atomic mass is 16.7. The molecule has 0 unspecified atom stereocenters. The first kappa shape index (κ1) is 36.8. The molecule has 0 aromatic heterocycles. The molecule has 244 valence electrons. The molecule has 0 saturated carbocycles. The van der Waals surface area contributed by atoms with Crippen LogP contribution < -0.4 is 0 Å². The standard InChI is InChI=1S/C30H58O11/c1-2-3-4-5-6-7-8-9-10-11-12-13-14-15-16-17-18-38-29-27(37)25(35)28(22(20-32)40-29)41-30-26(36)24(34)23(33)21(19-31)39-30/h21-37H,2-20H2,1H3/t21-,22-,23-,24+,25-,26-,27-,28-,29+,30+/m1/s1. The van der Waals surface area contributed by atoms with Crippen LogP contribution in [0.3, 0.4) is 0 Å². The van der Waals surface area contributed by atoms with E-state index in [9.17, 15) is 35.7 Å². The van der Waals surface area contributed by atoms with E-state index >= 15 is 0 Å². The average molecular weight is 595 g/mol. The second kappa shape index (κ2) is 21.3. The first-order valence-corrected chi connectivity index (χ1v) is 16.1. The lowest BCUT2D eigenvalue weighted by atomic mass is 9.97. The van der Waals surface area contributed by atoms with Crippen LogP contribution in [0.1, 0.15) is 110 Å². The van der Waals surface area contributed by atoms with Gasteiger partial charge in [0.2, 0.25) is 0 Å². The minimum atomic E-state index is -1.69. The van der Waals surface area contributed by atoms with E-state index in [1.54, 1.807) is 0 Å². The van der Waals surface area contributed by atoms with E-state index < -0.39 is 74.6 Å². The van der Waals surface area contributed by atoms with Gasteiger partial charge in [-0.05, 0) is 6.42 Å². The normalized spacial score (nSPS) is 34.2. The lowest BCUT2D eigenvalue weighted by Crippen LogP contribution is -2.64. The summed E-state index contributed by atoms with van der Waals surface area (Å²) in [6.45, 7) is 1.35. The van der Waals surface area contributed by atoms with Gasteiger partial charge in [0.15, 0.2) is 12.6 Å². The monoisotopic (exact) mass is 594 g/mol. The quantitative estimate of drug-likeness (QED) is 0.0910. The fourth-order valence-corrected chi connectivity index (χ4v) is 5.54. The summed E-state index contributed by atoms with van der Waals surface area (Å²) in [6, 6.07) is 0. The summed E-state index contributed by atoms with van der Waals surface area (Å²) >= 11 is 0. The van der Waals surface area contributed by atoms with Crippen molar-refractivity contribution < 1.29 is 54.7 Å². The second-order valence-corrected chi connectivity index (χ2v) is 11.7. The number of aliphatic hydroxyl groups excluding tert-OH is 7. The molecule has 0 aromatic rings. The molecule has 2 fully saturated rings. The van der Waals surface area contributed by atoms with Crippen molar-refractivity contribution in [2.75, 3.05) is 19.8 Å². The Kier molecular flexibility index (Phi) is 19.1. The molecule has 11 nitrogen and oxygen atoms in total. The second-order valence-electron chi connectivity index (χ2n) is 11.7. The van der Waals surface area contributed by atoms with E-state index in [1.165, 1.54) is 83.5 Å². The molecule has 0 radical (unpaired) electrons. The third-order valence-electron chi connectivity index (χ3n) is 8.24. The molecule has 0 aliphatic carbocycles. The van der Waals surface area contributed by atoms with Crippen LogP contribution in [-0.4, -0.2) is 117 Å². The van der Waals surface area contributed by atoms with Gasteiger partial charge in [-0.2, -0.15) is 0 Å². The number of ether oxygens (including phenoxy) is 4. The highest BCUT2D eigenvalue weighted by molar-refractivity contribution is 4.94. The lowest BCUT2D eigenvalue weighted by molar-refractivity contribution is -0.359.